The number of nitrogens with one attached hydrogen (secondary N) is 1. The number of hydrogen-bond acceptors (Lipinski definition) is 4. The highest BCUT2D eigenvalue weighted by Gasteiger charge is 2.37. The summed E-state index contributed by atoms with van der Waals surface area (Å²) in [5, 5.41) is 2.73. The first kappa shape index (κ1) is 15.5. The first-order valence-corrected chi connectivity index (χ1v) is 7.66. The molecule has 0 aromatic carbocycles. The second kappa shape index (κ2) is 5.33. The molecule has 120 valence electrons. The summed E-state index contributed by atoms with van der Waals surface area (Å²) in [6.07, 6.45) is 2.77. The van der Waals surface area contributed by atoms with Gasteiger partial charge in [-0.15, -0.1) is 0 Å². The van der Waals surface area contributed by atoms with Gasteiger partial charge in [-0.3, -0.25) is 9.59 Å². The molecule has 1 aliphatic carbocycles. The van der Waals surface area contributed by atoms with Gasteiger partial charge in [0, 0.05) is 24.6 Å². The fourth-order valence-electron chi connectivity index (χ4n) is 3.08. The number of aromatic nitrogens is 1. The number of amides is 1. The topological polar surface area (TPSA) is 72.2 Å². The molecule has 0 spiro atoms. The van der Waals surface area contributed by atoms with E-state index in [2.05, 4.69) is 10.3 Å². The Morgan fingerprint density at radius 1 is 1.30 bits per heavy atom. The van der Waals surface area contributed by atoms with E-state index < -0.39 is 0 Å². The third-order valence-corrected chi connectivity index (χ3v) is 4.14. The standard InChI is InChI=1S/C18H20N2O3/c1-10-5-6-19-14(7-10)20-17(22)16-11(2)15-12(21)8-18(3,4)9-13(15)23-16/h5-7H,8-9H2,1-4H3,(H,19,20,22). The van der Waals surface area contributed by atoms with E-state index in [1.165, 1.54) is 0 Å². The lowest BCUT2D eigenvalue weighted by molar-refractivity contribution is 0.0898. The number of fused-ring (bicyclic) bond motifs is 1. The first-order valence-electron chi connectivity index (χ1n) is 7.66. The van der Waals surface area contributed by atoms with Crippen LogP contribution in [-0.2, 0) is 6.42 Å². The maximum Gasteiger partial charge on any atom is 0.292 e. The predicted octanol–water partition coefficient (Wildman–Crippen LogP) is 3.70. The van der Waals surface area contributed by atoms with Crippen LogP contribution in [0.1, 0.15) is 58.1 Å². The van der Waals surface area contributed by atoms with Crippen LogP contribution < -0.4 is 5.32 Å². The van der Waals surface area contributed by atoms with Crippen LogP contribution in [0, 0.1) is 19.3 Å². The lowest BCUT2D eigenvalue weighted by Gasteiger charge is -2.27. The minimum atomic E-state index is -0.374. The number of carbonyl (C=O) groups is 2. The highest BCUT2D eigenvalue weighted by atomic mass is 16.4. The van der Waals surface area contributed by atoms with Gasteiger partial charge in [0.25, 0.3) is 5.91 Å². The van der Waals surface area contributed by atoms with Crippen molar-refractivity contribution in [2.75, 3.05) is 5.32 Å². The van der Waals surface area contributed by atoms with Crippen LogP contribution in [0.15, 0.2) is 22.7 Å². The van der Waals surface area contributed by atoms with Gasteiger partial charge in [0.1, 0.15) is 11.6 Å². The number of Topliss-reactive ketones (excluding diaryl/α,β-unsaturated/α-hetero) is 1. The molecule has 0 bridgehead atoms. The monoisotopic (exact) mass is 312 g/mol. The number of furan rings is 1. The van der Waals surface area contributed by atoms with Crippen molar-refractivity contribution in [3.05, 3.63) is 46.5 Å². The molecule has 23 heavy (non-hydrogen) atoms. The van der Waals surface area contributed by atoms with Crippen LogP contribution in [0.5, 0.6) is 0 Å². The molecule has 0 radical (unpaired) electrons. The summed E-state index contributed by atoms with van der Waals surface area (Å²) in [5.41, 5.74) is 2.06. The van der Waals surface area contributed by atoms with Crippen LogP contribution in [0.3, 0.4) is 0 Å². The number of anilines is 1. The summed E-state index contributed by atoms with van der Waals surface area (Å²) < 4.78 is 5.75. The number of aryl methyl sites for hydroxylation is 1. The highest BCUT2D eigenvalue weighted by molar-refractivity contribution is 6.07. The van der Waals surface area contributed by atoms with Gasteiger partial charge >= 0.3 is 0 Å². The molecule has 1 aliphatic rings. The zero-order chi connectivity index (χ0) is 16.8. The van der Waals surface area contributed by atoms with E-state index in [0.29, 0.717) is 35.5 Å². The molecule has 1 amide bonds. The van der Waals surface area contributed by atoms with E-state index in [-0.39, 0.29) is 22.9 Å². The van der Waals surface area contributed by atoms with Crippen molar-refractivity contribution in [1.82, 2.24) is 4.98 Å². The minimum absolute atomic E-state index is 0.0465. The fraction of sp³-hybridized carbons (Fsp3) is 0.389. The second-order valence-corrected chi connectivity index (χ2v) is 6.97. The van der Waals surface area contributed by atoms with Crippen molar-refractivity contribution in [2.45, 2.75) is 40.5 Å². The Bertz CT molecular complexity index is 803. The lowest BCUT2D eigenvalue weighted by atomic mass is 9.76. The Kier molecular flexibility index (Phi) is 3.59. The molecular weight excluding hydrogens is 292 g/mol. The molecule has 2 heterocycles. The summed E-state index contributed by atoms with van der Waals surface area (Å²) in [6, 6.07) is 3.64. The number of ketones is 1. The van der Waals surface area contributed by atoms with Crippen LogP contribution in [0.4, 0.5) is 5.82 Å². The maximum atomic E-state index is 12.5. The fourth-order valence-corrected chi connectivity index (χ4v) is 3.08. The smallest absolute Gasteiger partial charge is 0.292 e. The molecular formula is C18H20N2O3. The summed E-state index contributed by atoms with van der Waals surface area (Å²) in [6.45, 7) is 7.75. The summed E-state index contributed by atoms with van der Waals surface area (Å²) in [7, 11) is 0. The number of carbonyl (C=O) groups excluding carboxylic acids is 2. The Hall–Kier alpha value is -2.43. The highest BCUT2D eigenvalue weighted by Crippen LogP contribution is 2.38. The lowest BCUT2D eigenvalue weighted by Crippen LogP contribution is -2.26. The molecule has 0 aliphatic heterocycles. The molecule has 3 rings (SSSR count). The van der Waals surface area contributed by atoms with E-state index in [1.54, 1.807) is 19.2 Å². The molecule has 2 aromatic rings. The Balaban J connectivity index is 1.92. The van der Waals surface area contributed by atoms with Crippen molar-refractivity contribution < 1.29 is 14.0 Å². The number of rotatable bonds is 2. The average Bonchev–Trinajstić information content (AvgIpc) is 2.74. The molecule has 0 saturated heterocycles. The third-order valence-electron chi connectivity index (χ3n) is 4.14. The van der Waals surface area contributed by atoms with E-state index >= 15 is 0 Å². The van der Waals surface area contributed by atoms with Gasteiger partial charge < -0.3 is 9.73 Å². The number of hydrogen-bond donors (Lipinski definition) is 1. The molecule has 0 unspecified atom stereocenters. The van der Waals surface area contributed by atoms with Gasteiger partial charge in [0.15, 0.2) is 11.5 Å². The third kappa shape index (κ3) is 2.91. The van der Waals surface area contributed by atoms with Crippen LogP contribution in [0.25, 0.3) is 0 Å². The van der Waals surface area contributed by atoms with Gasteiger partial charge in [0.2, 0.25) is 0 Å². The summed E-state index contributed by atoms with van der Waals surface area (Å²) >= 11 is 0. The summed E-state index contributed by atoms with van der Waals surface area (Å²) in [5.74, 6) is 0.955. The van der Waals surface area contributed by atoms with Crippen molar-refractivity contribution in [1.29, 1.82) is 0 Å². The van der Waals surface area contributed by atoms with Crippen molar-refractivity contribution in [3.63, 3.8) is 0 Å². The molecule has 0 fully saturated rings. The minimum Gasteiger partial charge on any atom is -0.455 e. The molecule has 1 N–H and O–H groups in total. The number of pyridine rings is 1. The SMILES string of the molecule is Cc1ccnc(NC(=O)c2oc3c(c2C)C(=O)CC(C)(C)C3)c1. The predicted molar refractivity (Wildman–Crippen MR) is 86.8 cm³/mol. The van der Waals surface area contributed by atoms with Crippen molar-refractivity contribution >= 4 is 17.5 Å². The second-order valence-electron chi connectivity index (χ2n) is 6.97. The Morgan fingerprint density at radius 2 is 2.04 bits per heavy atom. The van der Waals surface area contributed by atoms with Gasteiger partial charge in [-0.1, -0.05) is 13.8 Å². The Labute approximate surface area is 135 Å². The number of nitrogens with zero attached hydrogens (tertiary/aromatic N) is 1. The molecule has 0 saturated carbocycles. The normalized spacial score (nSPS) is 16.1. The quantitative estimate of drug-likeness (QED) is 0.917. The van der Waals surface area contributed by atoms with Crippen LogP contribution in [-0.4, -0.2) is 16.7 Å². The van der Waals surface area contributed by atoms with E-state index in [0.717, 1.165) is 5.56 Å². The molecule has 5 heteroatoms. The van der Waals surface area contributed by atoms with Gasteiger partial charge in [0.05, 0.1) is 5.56 Å². The average molecular weight is 312 g/mol. The first-order chi connectivity index (χ1) is 10.8. The zero-order valence-corrected chi connectivity index (χ0v) is 13.8. The van der Waals surface area contributed by atoms with Crippen LogP contribution in [0.2, 0.25) is 0 Å². The maximum absolute atomic E-state index is 12.5. The van der Waals surface area contributed by atoms with Crippen molar-refractivity contribution in [3.8, 4) is 0 Å². The van der Waals surface area contributed by atoms with E-state index in [1.807, 2.05) is 26.8 Å². The summed E-state index contributed by atoms with van der Waals surface area (Å²) in [4.78, 5) is 28.9. The molecule has 5 nitrogen and oxygen atoms in total. The molecule has 2 aromatic heterocycles. The van der Waals surface area contributed by atoms with Crippen molar-refractivity contribution in [2.24, 2.45) is 5.41 Å². The Morgan fingerprint density at radius 3 is 2.74 bits per heavy atom. The van der Waals surface area contributed by atoms with Gasteiger partial charge in [-0.05, 0) is 37.0 Å². The van der Waals surface area contributed by atoms with Crippen LogP contribution >= 0.6 is 0 Å². The largest absolute Gasteiger partial charge is 0.455 e. The van der Waals surface area contributed by atoms with Gasteiger partial charge in [-0.25, -0.2) is 4.98 Å². The van der Waals surface area contributed by atoms with Gasteiger partial charge in [-0.2, -0.15) is 0 Å². The molecule has 0 atom stereocenters. The zero-order valence-electron chi connectivity index (χ0n) is 13.8. The van der Waals surface area contributed by atoms with E-state index in [9.17, 15) is 9.59 Å². The van der Waals surface area contributed by atoms with E-state index in [4.69, 9.17) is 4.42 Å².